The lowest BCUT2D eigenvalue weighted by molar-refractivity contribution is -0.138. The van der Waals surface area contributed by atoms with Crippen LogP contribution in [0.2, 0.25) is 0 Å². The molecule has 2 atom stereocenters. The van der Waals surface area contributed by atoms with E-state index in [-0.39, 0.29) is 35.1 Å². The monoisotopic (exact) mass is 694 g/mol. The smallest absolute Gasteiger partial charge is 0.334 e. The van der Waals surface area contributed by atoms with E-state index >= 15 is 0 Å². The van der Waals surface area contributed by atoms with Crippen LogP contribution in [0.25, 0.3) is 11.1 Å². The molecule has 0 bridgehead atoms. The van der Waals surface area contributed by atoms with Gasteiger partial charge in [0.1, 0.15) is 16.5 Å². The van der Waals surface area contributed by atoms with Gasteiger partial charge in [-0.1, -0.05) is 49.7 Å². The molecule has 2 unspecified atom stereocenters. The first kappa shape index (κ1) is 37.2. The van der Waals surface area contributed by atoms with Crippen LogP contribution in [0.3, 0.4) is 0 Å². The minimum absolute atomic E-state index is 0.143. The molecule has 0 spiro atoms. The second-order valence-corrected chi connectivity index (χ2v) is 15.6. The molecular weight excluding hydrogens is 645 g/mol. The molecule has 5 rings (SSSR count). The Balaban J connectivity index is 1.47. The number of rotatable bonds is 11. The summed E-state index contributed by atoms with van der Waals surface area (Å²) in [6.45, 7) is 16.4. The zero-order valence-corrected chi connectivity index (χ0v) is 30.7. The first-order valence-electron chi connectivity index (χ1n) is 17.5. The Kier molecular flexibility index (Phi) is 11.4. The Hall–Kier alpha value is -3.06. The number of alkyl halides is 4. The molecule has 2 fully saturated rings. The summed E-state index contributed by atoms with van der Waals surface area (Å²) < 4.78 is 58.7. The molecule has 4 nitrogen and oxygen atoms in total. The van der Waals surface area contributed by atoms with Gasteiger partial charge in [-0.3, -0.25) is 0 Å². The van der Waals surface area contributed by atoms with E-state index in [9.17, 15) is 17.6 Å². The summed E-state index contributed by atoms with van der Waals surface area (Å²) in [6.07, 6.45) is -0.309. The van der Waals surface area contributed by atoms with E-state index in [0.29, 0.717) is 38.4 Å². The molecule has 2 aliphatic rings. The average Bonchev–Trinajstić information content (AvgIpc) is 3.74. The zero-order chi connectivity index (χ0) is 35.7. The van der Waals surface area contributed by atoms with Gasteiger partial charge >= 0.3 is 6.18 Å². The Morgan fingerprint density at radius 2 is 1.71 bits per heavy atom. The minimum Gasteiger partial charge on any atom is -0.334 e. The van der Waals surface area contributed by atoms with Crippen molar-refractivity contribution in [3.63, 3.8) is 0 Å². The molecule has 9 heteroatoms. The van der Waals surface area contributed by atoms with E-state index in [1.807, 2.05) is 9.47 Å². The first-order valence-corrected chi connectivity index (χ1v) is 18.0. The van der Waals surface area contributed by atoms with E-state index in [1.165, 1.54) is 22.3 Å². The van der Waals surface area contributed by atoms with Gasteiger partial charge < -0.3 is 14.8 Å². The lowest BCUT2D eigenvalue weighted by atomic mass is 9.86. The number of aromatic nitrogens is 2. The van der Waals surface area contributed by atoms with Crippen molar-refractivity contribution in [2.75, 3.05) is 19.6 Å². The maximum atomic E-state index is 14.3. The number of hydrogen-bond acceptors (Lipinski definition) is 4. The third-order valence-corrected chi connectivity index (χ3v) is 10.1. The molecule has 0 amide bonds. The fourth-order valence-corrected chi connectivity index (χ4v) is 7.43. The van der Waals surface area contributed by atoms with Crippen LogP contribution in [-0.2, 0) is 19.1 Å². The fourth-order valence-electron chi connectivity index (χ4n) is 7.13. The number of halogens is 4. The molecule has 1 aromatic carbocycles. The van der Waals surface area contributed by atoms with Crippen molar-refractivity contribution < 1.29 is 17.6 Å². The van der Waals surface area contributed by atoms with Crippen LogP contribution in [0.15, 0.2) is 36.5 Å². The highest BCUT2D eigenvalue weighted by Gasteiger charge is 2.37. The summed E-state index contributed by atoms with van der Waals surface area (Å²) in [4.78, 5) is 6.85. The molecule has 2 aromatic heterocycles. The molecule has 1 saturated carbocycles. The van der Waals surface area contributed by atoms with Crippen molar-refractivity contribution in [3.8, 4) is 23.0 Å². The summed E-state index contributed by atoms with van der Waals surface area (Å²) in [7, 11) is 0. The predicted octanol–water partition coefficient (Wildman–Crippen LogP) is 9.73. The van der Waals surface area contributed by atoms with Crippen molar-refractivity contribution in [2.45, 2.75) is 111 Å². The van der Waals surface area contributed by atoms with Gasteiger partial charge in [0.25, 0.3) is 0 Å². The van der Waals surface area contributed by atoms with Crippen LogP contribution in [0.4, 0.5) is 17.6 Å². The van der Waals surface area contributed by atoms with Gasteiger partial charge in [0.05, 0.1) is 17.3 Å². The van der Waals surface area contributed by atoms with E-state index in [4.69, 9.17) is 17.2 Å². The Morgan fingerprint density at radius 1 is 1.02 bits per heavy atom. The number of benzene rings is 1. The lowest BCUT2D eigenvalue weighted by Gasteiger charge is -2.39. The molecule has 1 saturated heterocycles. The Morgan fingerprint density at radius 3 is 2.31 bits per heavy atom. The van der Waals surface area contributed by atoms with Gasteiger partial charge in [-0.05, 0) is 125 Å². The van der Waals surface area contributed by atoms with E-state index in [0.717, 1.165) is 35.9 Å². The summed E-state index contributed by atoms with van der Waals surface area (Å²) in [5.41, 5.74) is 6.35. The minimum atomic E-state index is -4.54. The molecular formula is C40H50F4N4S. The van der Waals surface area contributed by atoms with Crippen molar-refractivity contribution in [3.05, 3.63) is 80.4 Å². The Bertz CT molecular complexity index is 1750. The fraction of sp³-hybridized carbons (Fsp3) is 0.550. The number of likely N-dealkylation sites (tertiary alicyclic amines) is 1. The number of pyridine rings is 2. The molecule has 3 aromatic rings. The second kappa shape index (κ2) is 15.0. The number of nitrogens with one attached hydrogen (secondary N) is 1. The Labute approximate surface area is 294 Å². The maximum absolute atomic E-state index is 14.3. The summed E-state index contributed by atoms with van der Waals surface area (Å²) in [6, 6.07) is 9.45. The van der Waals surface area contributed by atoms with Gasteiger partial charge in [0, 0.05) is 43.8 Å². The second-order valence-electron chi connectivity index (χ2n) is 15.2. The van der Waals surface area contributed by atoms with Gasteiger partial charge in [-0.15, -0.1) is 0 Å². The number of nitrogens with zero attached hydrogens (tertiary/aromatic N) is 3. The van der Waals surface area contributed by atoms with E-state index < -0.39 is 23.5 Å². The van der Waals surface area contributed by atoms with E-state index in [2.05, 4.69) is 89.9 Å². The molecule has 1 aliphatic carbocycles. The third kappa shape index (κ3) is 9.59. The van der Waals surface area contributed by atoms with Crippen LogP contribution >= 0.6 is 12.2 Å². The third-order valence-electron chi connectivity index (χ3n) is 9.80. The van der Waals surface area contributed by atoms with Crippen LogP contribution in [0, 0.1) is 49.1 Å². The molecule has 49 heavy (non-hydrogen) atoms. The molecule has 0 radical (unpaired) electrons. The predicted molar refractivity (Wildman–Crippen MR) is 193 cm³/mol. The SMILES string of the molecule is Cc1cc(C)c(-c2cc(C#CC3CC3)nc(CNC(C)(C)C(CC(C)C)n3cc(CCN4CCC(F)C4)c(C(F)(F)F)cc3=S)c2)c(C)c1. The standard InChI is InChI=1S/C40H50F4N4S/c1-25(2)16-36(48-23-30(12-14-47-15-13-32(41)24-47)35(21-37(48)49)40(42,43)44)39(6,7)45-22-34-20-31(19-33(46-34)11-10-29-8-9-29)38-27(4)17-26(3)18-28(38)5/h17-21,23,25,29,32,36,45H,8-9,12-16,22,24H2,1-7H3. The maximum Gasteiger partial charge on any atom is 0.416 e. The van der Waals surface area contributed by atoms with Crippen LogP contribution in [0.1, 0.15) is 98.6 Å². The highest BCUT2D eigenvalue weighted by molar-refractivity contribution is 7.71. The van der Waals surface area contributed by atoms with Gasteiger partial charge in [0.2, 0.25) is 0 Å². The summed E-state index contributed by atoms with van der Waals surface area (Å²) in [5.74, 6) is 7.38. The number of aryl methyl sites for hydroxylation is 3. The molecule has 264 valence electrons. The highest BCUT2D eigenvalue weighted by atomic mass is 32.1. The van der Waals surface area contributed by atoms with Crippen LogP contribution in [0.5, 0.6) is 0 Å². The topological polar surface area (TPSA) is 33.1 Å². The average molecular weight is 695 g/mol. The van der Waals surface area contributed by atoms with Crippen molar-refractivity contribution in [1.29, 1.82) is 0 Å². The summed E-state index contributed by atoms with van der Waals surface area (Å²) >= 11 is 5.67. The van der Waals surface area contributed by atoms with Gasteiger partial charge in [0.15, 0.2) is 0 Å². The zero-order valence-electron chi connectivity index (χ0n) is 29.9. The largest absolute Gasteiger partial charge is 0.416 e. The quantitative estimate of drug-likeness (QED) is 0.123. The first-order chi connectivity index (χ1) is 23.0. The van der Waals surface area contributed by atoms with Gasteiger partial charge in [-0.25, -0.2) is 9.37 Å². The molecule has 1 N–H and O–H groups in total. The van der Waals surface area contributed by atoms with Gasteiger partial charge in [-0.2, -0.15) is 13.2 Å². The van der Waals surface area contributed by atoms with Crippen LogP contribution in [-0.4, -0.2) is 45.8 Å². The van der Waals surface area contributed by atoms with E-state index in [1.54, 1.807) is 6.20 Å². The number of hydrogen-bond donors (Lipinski definition) is 1. The van der Waals surface area contributed by atoms with Crippen molar-refractivity contribution >= 4 is 12.2 Å². The van der Waals surface area contributed by atoms with Crippen molar-refractivity contribution in [2.24, 2.45) is 11.8 Å². The molecule has 1 aliphatic heterocycles. The lowest BCUT2D eigenvalue weighted by Crippen LogP contribution is -2.47. The summed E-state index contributed by atoms with van der Waals surface area (Å²) in [5, 5.41) is 3.72. The van der Waals surface area contributed by atoms with Crippen molar-refractivity contribution in [1.82, 2.24) is 19.8 Å². The van der Waals surface area contributed by atoms with Crippen LogP contribution < -0.4 is 5.32 Å². The normalized spacial score (nSPS) is 17.8. The highest BCUT2D eigenvalue weighted by Crippen LogP contribution is 2.37. The molecule has 3 heterocycles.